The first-order chi connectivity index (χ1) is 12.6. The van der Waals surface area contributed by atoms with Crippen LogP contribution in [0.1, 0.15) is 30.3 Å². The number of furan rings is 1. The fourth-order valence-corrected chi connectivity index (χ4v) is 3.68. The fraction of sp³-hybridized carbons (Fsp3) is 0.316. The standard InChI is InChI=1S/C19H18N2O4S/c1-11(12-6-7-12)20-17(22)10-24-19(23)15-9-8-14(25-15)18-21-13-4-2-3-5-16(13)26-18/h2-5,8-9,11-12H,6-7,10H2,1H3,(H,20,22)/t11-/m1/s1. The number of carbonyl (C=O) groups is 2. The van der Waals surface area contributed by atoms with Gasteiger partial charge in [-0.2, -0.15) is 0 Å². The maximum absolute atomic E-state index is 12.1. The molecule has 7 heteroatoms. The molecule has 134 valence electrons. The first-order valence-corrected chi connectivity index (χ1v) is 9.34. The molecule has 3 aromatic rings. The van der Waals surface area contributed by atoms with Crippen LogP contribution >= 0.6 is 11.3 Å². The summed E-state index contributed by atoms with van der Waals surface area (Å²) in [5.41, 5.74) is 0.884. The number of fused-ring (bicyclic) bond motifs is 1. The van der Waals surface area contributed by atoms with Crippen LogP contribution in [-0.2, 0) is 9.53 Å². The maximum Gasteiger partial charge on any atom is 0.374 e. The highest BCUT2D eigenvalue weighted by Gasteiger charge is 2.29. The van der Waals surface area contributed by atoms with Crippen LogP contribution in [-0.4, -0.2) is 29.5 Å². The van der Waals surface area contributed by atoms with Crippen molar-refractivity contribution in [2.75, 3.05) is 6.61 Å². The van der Waals surface area contributed by atoms with Gasteiger partial charge >= 0.3 is 5.97 Å². The zero-order valence-electron chi connectivity index (χ0n) is 14.2. The Morgan fingerprint density at radius 3 is 2.88 bits per heavy atom. The number of amides is 1. The summed E-state index contributed by atoms with van der Waals surface area (Å²) in [6, 6.07) is 11.1. The van der Waals surface area contributed by atoms with Gasteiger partial charge in [-0.3, -0.25) is 4.79 Å². The van der Waals surface area contributed by atoms with Gasteiger partial charge in [0.1, 0.15) is 0 Å². The monoisotopic (exact) mass is 370 g/mol. The number of hydrogen-bond donors (Lipinski definition) is 1. The molecule has 1 fully saturated rings. The molecule has 0 spiro atoms. The third-order valence-corrected chi connectivity index (χ3v) is 5.41. The third-order valence-electron chi connectivity index (χ3n) is 4.36. The van der Waals surface area contributed by atoms with E-state index < -0.39 is 5.97 Å². The number of benzene rings is 1. The van der Waals surface area contributed by atoms with Gasteiger partial charge < -0.3 is 14.5 Å². The van der Waals surface area contributed by atoms with Crippen molar-refractivity contribution < 1.29 is 18.7 Å². The van der Waals surface area contributed by atoms with Crippen LogP contribution in [0.4, 0.5) is 0 Å². The quantitative estimate of drug-likeness (QED) is 0.670. The van der Waals surface area contributed by atoms with Crippen molar-refractivity contribution in [3.63, 3.8) is 0 Å². The van der Waals surface area contributed by atoms with E-state index in [0.29, 0.717) is 16.7 Å². The summed E-state index contributed by atoms with van der Waals surface area (Å²) in [4.78, 5) is 28.4. The van der Waals surface area contributed by atoms with Gasteiger partial charge in [0.05, 0.1) is 10.2 Å². The minimum Gasteiger partial charge on any atom is -0.450 e. The molecule has 1 aliphatic rings. The van der Waals surface area contributed by atoms with Crippen molar-refractivity contribution in [2.45, 2.75) is 25.8 Å². The highest BCUT2D eigenvalue weighted by molar-refractivity contribution is 7.21. The van der Waals surface area contributed by atoms with Gasteiger partial charge in [0.25, 0.3) is 5.91 Å². The molecule has 0 aliphatic heterocycles. The van der Waals surface area contributed by atoms with Crippen molar-refractivity contribution in [3.05, 3.63) is 42.2 Å². The zero-order valence-corrected chi connectivity index (χ0v) is 15.0. The summed E-state index contributed by atoms with van der Waals surface area (Å²) < 4.78 is 11.6. The van der Waals surface area contributed by atoms with Crippen molar-refractivity contribution >= 4 is 33.4 Å². The average Bonchev–Trinajstić information content (AvgIpc) is 3.21. The first-order valence-electron chi connectivity index (χ1n) is 8.52. The van der Waals surface area contributed by atoms with Gasteiger partial charge in [-0.15, -0.1) is 11.3 Å². The molecular formula is C19H18N2O4S. The van der Waals surface area contributed by atoms with E-state index in [9.17, 15) is 9.59 Å². The lowest BCUT2D eigenvalue weighted by molar-refractivity contribution is -0.125. The summed E-state index contributed by atoms with van der Waals surface area (Å²) in [7, 11) is 0. The zero-order chi connectivity index (χ0) is 18.1. The van der Waals surface area contributed by atoms with E-state index in [2.05, 4.69) is 10.3 Å². The van der Waals surface area contributed by atoms with Crippen LogP contribution in [0, 0.1) is 5.92 Å². The van der Waals surface area contributed by atoms with Crippen molar-refractivity contribution in [2.24, 2.45) is 5.92 Å². The number of para-hydroxylation sites is 1. The third kappa shape index (κ3) is 3.62. The second-order valence-electron chi connectivity index (χ2n) is 6.42. The van der Waals surface area contributed by atoms with Gasteiger partial charge in [-0.25, -0.2) is 9.78 Å². The van der Waals surface area contributed by atoms with Crippen LogP contribution in [0.25, 0.3) is 21.0 Å². The molecule has 1 saturated carbocycles. The summed E-state index contributed by atoms with van der Waals surface area (Å²) in [6.07, 6.45) is 2.28. The van der Waals surface area contributed by atoms with Crippen molar-refractivity contribution in [3.8, 4) is 10.8 Å². The highest BCUT2D eigenvalue weighted by Crippen LogP contribution is 2.32. The topological polar surface area (TPSA) is 81.4 Å². The summed E-state index contributed by atoms with van der Waals surface area (Å²) in [5, 5.41) is 3.54. The molecule has 26 heavy (non-hydrogen) atoms. The Kier molecular flexibility index (Phi) is 4.46. The van der Waals surface area contributed by atoms with Crippen molar-refractivity contribution in [1.82, 2.24) is 10.3 Å². The smallest absolute Gasteiger partial charge is 0.374 e. The summed E-state index contributed by atoms with van der Waals surface area (Å²) in [6.45, 7) is 1.65. The minimum absolute atomic E-state index is 0.0577. The Morgan fingerprint density at radius 1 is 1.31 bits per heavy atom. The SMILES string of the molecule is C[C@@H](NC(=O)COC(=O)c1ccc(-c2nc3ccccc3s2)o1)C1CC1. The Morgan fingerprint density at radius 2 is 2.12 bits per heavy atom. The molecule has 1 N–H and O–H groups in total. The van der Waals surface area contributed by atoms with Crippen LogP contribution in [0.2, 0.25) is 0 Å². The van der Waals surface area contributed by atoms with E-state index in [4.69, 9.17) is 9.15 Å². The van der Waals surface area contributed by atoms with Crippen LogP contribution in [0.15, 0.2) is 40.8 Å². The predicted molar refractivity (Wildman–Crippen MR) is 97.9 cm³/mol. The van der Waals surface area contributed by atoms with Gasteiger partial charge in [0.2, 0.25) is 5.76 Å². The van der Waals surface area contributed by atoms with Crippen LogP contribution in [0.3, 0.4) is 0 Å². The molecule has 2 heterocycles. The van der Waals surface area contributed by atoms with E-state index in [-0.39, 0.29) is 24.3 Å². The molecule has 0 bridgehead atoms. The fourth-order valence-electron chi connectivity index (χ4n) is 2.75. The second kappa shape index (κ2) is 6.92. The number of nitrogens with one attached hydrogen (secondary N) is 1. The average molecular weight is 370 g/mol. The normalized spacial score (nSPS) is 15.0. The number of thiazole rings is 1. The Balaban J connectivity index is 1.37. The largest absolute Gasteiger partial charge is 0.450 e. The summed E-state index contributed by atoms with van der Waals surface area (Å²) >= 11 is 1.49. The van der Waals surface area contributed by atoms with Crippen molar-refractivity contribution in [1.29, 1.82) is 0 Å². The lowest BCUT2D eigenvalue weighted by Crippen LogP contribution is -2.37. The van der Waals surface area contributed by atoms with E-state index in [1.54, 1.807) is 6.07 Å². The number of rotatable bonds is 6. The van der Waals surface area contributed by atoms with Gasteiger partial charge in [-0.05, 0) is 49.9 Å². The molecule has 0 radical (unpaired) electrons. The van der Waals surface area contributed by atoms with E-state index in [0.717, 1.165) is 23.1 Å². The summed E-state index contributed by atoms with van der Waals surface area (Å²) in [5.74, 6) is 0.158. The number of carbonyl (C=O) groups excluding carboxylic acids is 2. The van der Waals surface area contributed by atoms with E-state index in [1.165, 1.54) is 17.4 Å². The van der Waals surface area contributed by atoms with Crippen LogP contribution in [0.5, 0.6) is 0 Å². The molecule has 6 nitrogen and oxygen atoms in total. The van der Waals surface area contributed by atoms with Crippen LogP contribution < -0.4 is 5.32 Å². The molecule has 4 rings (SSSR count). The lowest BCUT2D eigenvalue weighted by Gasteiger charge is -2.12. The number of esters is 1. The molecule has 1 aromatic carbocycles. The second-order valence-corrected chi connectivity index (χ2v) is 7.45. The number of nitrogens with zero attached hydrogens (tertiary/aromatic N) is 1. The van der Waals surface area contributed by atoms with Gasteiger partial charge in [0, 0.05) is 6.04 Å². The Labute approximate surface area is 154 Å². The Bertz CT molecular complexity index is 924. The van der Waals surface area contributed by atoms with E-state index in [1.807, 2.05) is 31.2 Å². The molecule has 1 atom stereocenters. The van der Waals surface area contributed by atoms with E-state index >= 15 is 0 Å². The lowest BCUT2D eigenvalue weighted by atomic mass is 10.2. The minimum atomic E-state index is -0.661. The Hall–Kier alpha value is -2.67. The predicted octanol–water partition coefficient (Wildman–Crippen LogP) is 3.63. The molecule has 0 unspecified atom stereocenters. The van der Waals surface area contributed by atoms with Gasteiger partial charge in [-0.1, -0.05) is 12.1 Å². The first kappa shape index (κ1) is 16.8. The molecule has 1 amide bonds. The molecular weight excluding hydrogens is 352 g/mol. The maximum atomic E-state index is 12.1. The molecule has 1 aliphatic carbocycles. The van der Waals surface area contributed by atoms with Gasteiger partial charge in [0.15, 0.2) is 17.4 Å². The number of hydrogen-bond acceptors (Lipinski definition) is 6. The molecule has 0 saturated heterocycles. The number of aromatic nitrogens is 1. The molecule has 2 aromatic heterocycles. The number of ether oxygens (including phenoxy) is 1. The highest BCUT2D eigenvalue weighted by atomic mass is 32.1.